The molecule has 1 aliphatic rings. The lowest BCUT2D eigenvalue weighted by Crippen LogP contribution is -2.10. The van der Waals surface area contributed by atoms with E-state index in [2.05, 4.69) is 0 Å². The topological polar surface area (TPSA) is 35.5 Å². The van der Waals surface area contributed by atoms with Crippen molar-refractivity contribution >= 4 is 12.4 Å². The van der Waals surface area contributed by atoms with Crippen LogP contribution in [0.1, 0.15) is 5.56 Å². The van der Waals surface area contributed by atoms with E-state index in [4.69, 9.17) is 9.47 Å². The van der Waals surface area contributed by atoms with Crippen LogP contribution in [0.5, 0.6) is 11.5 Å². The van der Waals surface area contributed by atoms with Crippen LogP contribution in [0.4, 0.5) is 0 Å². The highest BCUT2D eigenvalue weighted by Crippen LogP contribution is 2.29. The predicted molar refractivity (Wildman–Crippen MR) is 47.7 cm³/mol. The van der Waals surface area contributed by atoms with Crippen molar-refractivity contribution in [2.75, 3.05) is 6.79 Å². The highest BCUT2D eigenvalue weighted by Gasteiger charge is 2.08. The van der Waals surface area contributed by atoms with Crippen LogP contribution in [0.25, 0.3) is 6.08 Å². The largest absolute Gasteiger partial charge is 0.457 e. The summed E-state index contributed by atoms with van der Waals surface area (Å²) in [6.45, 7) is 0.240. The Morgan fingerprint density at radius 3 is 3.08 bits per heavy atom. The fourth-order valence-electron chi connectivity index (χ4n) is 1.17. The van der Waals surface area contributed by atoms with Crippen molar-refractivity contribution < 1.29 is 14.3 Å². The number of carbonyl (C=O) groups is 1. The van der Waals surface area contributed by atoms with Crippen molar-refractivity contribution in [1.29, 1.82) is 0 Å². The van der Waals surface area contributed by atoms with Crippen LogP contribution < -0.4 is 9.47 Å². The number of benzene rings is 1. The molecule has 2 bridgehead atoms. The molecule has 3 heteroatoms. The van der Waals surface area contributed by atoms with E-state index in [0.717, 1.165) is 23.3 Å². The molecule has 0 amide bonds. The first-order chi connectivity index (χ1) is 6.40. The quantitative estimate of drug-likeness (QED) is 0.507. The van der Waals surface area contributed by atoms with Gasteiger partial charge in [0.25, 0.3) is 0 Å². The maximum Gasteiger partial charge on any atom is 0.230 e. The van der Waals surface area contributed by atoms with Gasteiger partial charge in [0.05, 0.1) is 0 Å². The lowest BCUT2D eigenvalue weighted by Gasteiger charge is -2.17. The minimum atomic E-state index is 0.240. The van der Waals surface area contributed by atoms with E-state index in [1.165, 1.54) is 6.08 Å². The first-order valence-corrected chi connectivity index (χ1v) is 3.91. The summed E-state index contributed by atoms with van der Waals surface area (Å²) in [7, 11) is 0. The summed E-state index contributed by atoms with van der Waals surface area (Å²) in [6, 6.07) is 5.49. The van der Waals surface area contributed by atoms with Gasteiger partial charge in [-0.25, -0.2) is 0 Å². The summed E-state index contributed by atoms with van der Waals surface area (Å²) < 4.78 is 10.3. The Morgan fingerprint density at radius 2 is 2.23 bits per heavy atom. The molecule has 0 atom stereocenters. The summed E-state index contributed by atoms with van der Waals surface area (Å²) in [5.41, 5.74) is 0.888. The molecule has 0 N–H and O–H groups in total. The molecule has 1 aliphatic heterocycles. The fraction of sp³-hybridized carbons (Fsp3) is 0.100. The number of hydrogen-bond donors (Lipinski definition) is 0. The van der Waals surface area contributed by atoms with E-state index in [9.17, 15) is 4.79 Å². The van der Waals surface area contributed by atoms with E-state index in [0.29, 0.717) is 0 Å². The molecule has 0 radical (unpaired) electrons. The van der Waals surface area contributed by atoms with Crippen LogP contribution in [-0.2, 0) is 4.79 Å². The maximum absolute atomic E-state index is 10.1. The van der Waals surface area contributed by atoms with Gasteiger partial charge in [-0.15, -0.1) is 0 Å². The maximum atomic E-state index is 10.1. The Labute approximate surface area is 75.6 Å². The summed E-state index contributed by atoms with van der Waals surface area (Å²) in [6.07, 6.45) is 3.88. The molecular formula is C10H8O3. The number of fused-ring (bicyclic) bond motifs is 2. The van der Waals surface area contributed by atoms with E-state index >= 15 is 0 Å². The van der Waals surface area contributed by atoms with Gasteiger partial charge in [0.15, 0.2) is 0 Å². The average molecular weight is 176 g/mol. The second-order valence-electron chi connectivity index (χ2n) is 2.60. The number of allylic oxidation sites excluding steroid dienone is 1. The zero-order valence-electron chi connectivity index (χ0n) is 6.90. The van der Waals surface area contributed by atoms with Gasteiger partial charge >= 0.3 is 0 Å². The van der Waals surface area contributed by atoms with Gasteiger partial charge in [-0.2, -0.15) is 0 Å². The molecule has 3 nitrogen and oxygen atoms in total. The van der Waals surface area contributed by atoms with Crippen molar-refractivity contribution in [3.8, 4) is 11.5 Å². The third-order valence-corrected chi connectivity index (χ3v) is 1.78. The zero-order chi connectivity index (χ0) is 9.10. The van der Waals surface area contributed by atoms with Crippen LogP contribution in [0.2, 0.25) is 0 Å². The lowest BCUT2D eigenvalue weighted by atomic mass is 10.1. The number of rotatable bonds is 2. The summed E-state index contributed by atoms with van der Waals surface area (Å²) >= 11 is 0. The normalized spacial score (nSPS) is 13.5. The minimum Gasteiger partial charge on any atom is -0.457 e. The number of aldehydes is 1. The molecule has 1 heterocycles. The number of ether oxygens (including phenoxy) is 2. The van der Waals surface area contributed by atoms with Gasteiger partial charge in [0.1, 0.15) is 17.8 Å². The van der Waals surface area contributed by atoms with Crippen LogP contribution in [0.3, 0.4) is 0 Å². The van der Waals surface area contributed by atoms with Gasteiger partial charge in [0, 0.05) is 11.6 Å². The third-order valence-electron chi connectivity index (χ3n) is 1.78. The predicted octanol–water partition coefficient (Wildman–Crippen LogP) is 1.63. The molecule has 66 valence electrons. The van der Waals surface area contributed by atoms with Crippen molar-refractivity contribution in [3.63, 3.8) is 0 Å². The first kappa shape index (κ1) is 7.86. The molecule has 13 heavy (non-hydrogen) atoms. The first-order valence-electron chi connectivity index (χ1n) is 3.91. The summed E-state index contributed by atoms with van der Waals surface area (Å²) in [5.74, 6) is 1.55. The van der Waals surface area contributed by atoms with E-state index in [1.807, 2.05) is 12.1 Å². The van der Waals surface area contributed by atoms with Crippen molar-refractivity contribution in [2.24, 2.45) is 0 Å². The standard InChI is InChI=1S/C10H8O3/c11-5-1-2-8-3-4-9-6-10(8)13-7-12-9/h1-6H,7H2. The fourth-order valence-corrected chi connectivity index (χ4v) is 1.17. The van der Waals surface area contributed by atoms with Crippen molar-refractivity contribution in [1.82, 2.24) is 0 Å². The van der Waals surface area contributed by atoms with E-state index in [1.54, 1.807) is 12.1 Å². The highest BCUT2D eigenvalue weighted by molar-refractivity contribution is 5.75. The van der Waals surface area contributed by atoms with Crippen molar-refractivity contribution in [3.05, 3.63) is 29.8 Å². The molecule has 0 saturated carbocycles. The second kappa shape index (κ2) is 3.31. The van der Waals surface area contributed by atoms with Crippen LogP contribution in [-0.4, -0.2) is 13.1 Å². The third kappa shape index (κ3) is 1.54. The number of carbonyl (C=O) groups excluding carboxylic acids is 1. The van der Waals surface area contributed by atoms with E-state index in [-0.39, 0.29) is 6.79 Å². The van der Waals surface area contributed by atoms with Gasteiger partial charge in [-0.1, -0.05) is 0 Å². The van der Waals surface area contributed by atoms with Crippen LogP contribution in [0, 0.1) is 0 Å². The van der Waals surface area contributed by atoms with Crippen LogP contribution >= 0.6 is 0 Å². The Balaban J connectivity index is 2.37. The molecular weight excluding hydrogens is 168 g/mol. The van der Waals surface area contributed by atoms with Gasteiger partial charge in [0.2, 0.25) is 6.79 Å². The Kier molecular flexibility index (Phi) is 2.00. The molecule has 0 unspecified atom stereocenters. The molecule has 0 fully saturated rings. The molecule has 0 aliphatic carbocycles. The Morgan fingerprint density at radius 1 is 1.31 bits per heavy atom. The second-order valence-corrected chi connectivity index (χ2v) is 2.60. The monoisotopic (exact) mass is 176 g/mol. The smallest absolute Gasteiger partial charge is 0.230 e. The Bertz CT molecular complexity index is 355. The summed E-state index contributed by atoms with van der Waals surface area (Å²) in [5, 5.41) is 0. The average Bonchev–Trinajstić information content (AvgIpc) is 2.18. The van der Waals surface area contributed by atoms with Gasteiger partial charge < -0.3 is 9.47 Å². The Hall–Kier alpha value is -1.77. The van der Waals surface area contributed by atoms with Gasteiger partial charge in [-0.05, 0) is 24.3 Å². The molecule has 2 rings (SSSR count). The number of hydrogen-bond acceptors (Lipinski definition) is 3. The molecule has 0 saturated heterocycles. The molecule has 0 aromatic heterocycles. The SMILES string of the molecule is O=CC=Cc1ccc2cc1OCO2. The molecule has 1 aromatic carbocycles. The minimum absolute atomic E-state index is 0.240. The highest BCUT2D eigenvalue weighted by atomic mass is 16.7. The molecule has 1 aromatic rings. The van der Waals surface area contributed by atoms with E-state index < -0.39 is 0 Å². The van der Waals surface area contributed by atoms with Crippen LogP contribution in [0.15, 0.2) is 24.3 Å². The lowest BCUT2D eigenvalue weighted by molar-refractivity contribution is -0.104. The zero-order valence-corrected chi connectivity index (χ0v) is 6.90. The summed E-state index contributed by atoms with van der Waals surface area (Å²) in [4.78, 5) is 10.1. The molecule has 0 spiro atoms. The van der Waals surface area contributed by atoms with Gasteiger partial charge in [-0.3, -0.25) is 4.79 Å². The van der Waals surface area contributed by atoms with Crippen molar-refractivity contribution in [2.45, 2.75) is 0 Å².